The Hall–Kier alpha value is -2.17. The third-order valence-corrected chi connectivity index (χ3v) is 5.96. The van der Waals surface area contributed by atoms with E-state index in [1.165, 1.54) is 40.1 Å². The van der Waals surface area contributed by atoms with Crippen LogP contribution >= 0.6 is 12.4 Å². The Morgan fingerprint density at radius 3 is 1.82 bits per heavy atom. The average molecular weight is 581 g/mol. The monoisotopic (exact) mass is 580 g/mol. The van der Waals surface area contributed by atoms with Gasteiger partial charge in [0.1, 0.15) is 11.6 Å². The highest BCUT2D eigenvalue weighted by Crippen LogP contribution is 2.32. The van der Waals surface area contributed by atoms with Crippen molar-refractivity contribution in [3.05, 3.63) is 0 Å². The molecular formula is C28H51ClN2O8. The number of nitrogens with zero attached hydrogens (tertiary/aromatic N) is 1. The SMILES string of the molecule is COC(=O)C(C)CCC(C)=O.CON(C)C(=O)C(C)CCC(C)=O.Cl.[2H]C([2H])(C)CC[C@H](N)C(=O)C(=O)CC1CC1. The van der Waals surface area contributed by atoms with Crippen LogP contribution in [0.1, 0.15) is 102 Å². The number of hydrogen-bond acceptors (Lipinski definition) is 9. The van der Waals surface area contributed by atoms with E-state index in [4.69, 9.17) is 13.3 Å². The molecule has 3 atom stereocenters. The molecule has 0 radical (unpaired) electrons. The molecule has 1 saturated carbocycles. The van der Waals surface area contributed by atoms with Gasteiger partial charge < -0.3 is 20.1 Å². The molecule has 0 aromatic rings. The largest absolute Gasteiger partial charge is 0.469 e. The number of halogens is 1. The van der Waals surface area contributed by atoms with Gasteiger partial charge in [-0.2, -0.15) is 0 Å². The Bertz CT molecular complexity index is 847. The molecule has 39 heavy (non-hydrogen) atoms. The number of ether oxygens (including phenoxy) is 1. The van der Waals surface area contributed by atoms with E-state index in [2.05, 4.69) is 4.74 Å². The summed E-state index contributed by atoms with van der Waals surface area (Å²) in [7, 11) is 4.36. The van der Waals surface area contributed by atoms with Crippen LogP contribution in [0.4, 0.5) is 0 Å². The summed E-state index contributed by atoms with van der Waals surface area (Å²) in [5, 5.41) is 1.19. The molecule has 0 saturated heterocycles. The lowest BCUT2D eigenvalue weighted by Gasteiger charge is -2.17. The lowest BCUT2D eigenvalue weighted by Crippen LogP contribution is -2.36. The molecule has 1 aliphatic carbocycles. The van der Waals surface area contributed by atoms with Gasteiger partial charge in [0.15, 0.2) is 5.78 Å². The first-order chi connectivity index (χ1) is 18.4. The third-order valence-electron chi connectivity index (χ3n) is 5.96. The molecule has 1 rings (SSSR count). The first kappa shape index (κ1) is 36.8. The van der Waals surface area contributed by atoms with Crippen LogP contribution in [0.15, 0.2) is 0 Å². The average Bonchev–Trinajstić information content (AvgIpc) is 3.71. The van der Waals surface area contributed by atoms with Gasteiger partial charge in [0, 0.05) is 35.0 Å². The first-order valence-electron chi connectivity index (χ1n) is 14.1. The molecule has 0 bridgehead atoms. The number of Topliss-reactive ketones (excluding diaryl/α,β-unsaturated/α-hetero) is 4. The van der Waals surface area contributed by atoms with Crippen LogP contribution in [-0.4, -0.2) is 67.4 Å². The van der Waals surface area contributed by atoms with Gasteiger partial charge in [-0.15, -0.1) is 12.4 Å². The van der Waals surface area contributed by atoms with Gasteiger partial charge in [0.25, 0.3) is 0 Å². The molecule has 0 spiro atoms. The maximum absolute atomic E-state index is 11.5. The minimum absolute atomic E-state index is 0. The number of carbonyl (C=O) groups is 6. The van der Waals surface area contributed by atoms with Gasteiger partial charge >= 0.3 is 5.97 Å². The van der Waals surface area contributed by atoms with Crippen LogP contribution < -0.4 is 5.73 Å². The summed E-state index contributed by atoms with van der Waals surface area (Å²) in [6.07, 6.45) is 3.57. The van der Waals surface area contributed by atoms with E-state index in [0.717, 1.165) is 12.8 Å². The highest BCUT2D eigenvalue weighted by Gasteiger charge is 2.29. The summed E-state index contributed by atoms with van der Waals surface area (Å²) in [6, 6.07) is -0.832. The van der Waals surface area contributed by atoms with Crippen LogP contribution in [-0.2, 0) is 38.3 Å². The molecule has 0 heterocycles. The van der Waals surface area contributed by atoms with E-state index in [1.807, 2.05) is 0 Å². The van der Waals surface area contributed by atoms with Gasteiger partial charge in [-0.3, -0.25) is 24.0 Å². The van der Waals surface area contributed by atoms with Crippen molar-refractivity contribution in [3.8, 4) is 0 Å². The van der Waals surface area contributed by atoms with Crippen LogP contribution in [0.5, 0.6) is 0 Å². The molecular weight excluding hydrogens is 528 g/mol. The molecule has 0 aliphatic heterocycles. The van der Waals surface area contributed by atoms with E-state index in [0.29, 0.717) is 38.0 Å². The van der Waals surface area contributed by atoms with Gasteiger partial charge in [-0.25, -0.2) is 5.06 Å². The Morgan fingerprint density at radius 2 is 1.44 bits per heavy atom. The highest BCUT2D eigenvalue weighted by molar-refractivity contribution is 6.39. The van der Waals surface area contributed by atoms with Crippen LogP contribution in [0, 0.1) is 17.8 Å². The topological polar surface area (TPSA) is 150 Å². The Balaban J connectivity index is -0.000000533. The standard InChI is InChI=1S/C11H19NO2.C9H17NO3.C8H14O3.ClH/c1-2-3-4-9(12)11(14)10(13)7-8-5-6-8;1-7(5-6-8(2)11)9(12)10(3)13-4;1-6(8(10)11-3)4-5-7(2)9;/h8-9H,2-7,12H2,1H3;7H,5-6H2,1-4H3;6H,4-5H2,1-3H3;1H/t9-;;;/m0.../s1/i2D2;;;. The van der Waals surface area contributed by atoms with Crippen molar-refractivity contribution in [2.75, 3.05) is 21.3 Å². The molecule has 10 nitrogen and oxygen atoms in total. The molecule has 1 amide bonds. The van der Waals surface area contributed by atoms with Gasteiger partial charge in [0.2, 0.25) is 11.7 Å². The number of esters is 1. The summed E-state index contributed by atoms with van der Waals surface area (Å²) in [6.45, 7) is 8.03. The summed E-state index contributed by atoms with van der Waals surface area (Å²) < 4.78 is 19.1. The fraction of sp³-hybridized carbons (Fsp3) is 0.786. The predicted molar refractivity (Wildman–Crippen MR) is 152 cm³/mol. The predicted octanol–water partition coefficient (Wildman–Crippen LogP) is 4.04. The zero-order valence-corrected chi connectivity index (χ0v) is 25.7. The molecule has 1 fully saturated rings. The van der Waals surface area contributed by atoms with Crippen molar-refractivity contribution in [1.82, 2.24) is 5.06 Å². The zero-order valence-electron chi connectivity index (χ0n) is 26.9. The van der Waals surface area contributed by atoms with Crippen molar-refractivity contribution in [3.63, 3.8) is 0 Å². The van der Waals surface area contributed by atoms with Crippen molar-refractivity contribution < 1.29 is 41.1 Å². The Kier molecular flexibility index (Phi) is 22.4. The maximum atomic E-state index is 11.5. The number of ketones is 4. The van der Waals surface area contributed by atoms with E-state index in [-0.39, 0.29) is 66.3 Å². The normalized spacial score (nSPS) is 15.1. The van der Waals surface area contributed by atoms with Gasteiger partial charge in [-0.1, -0.05) is 33.6 Å². The van der Waals surface area contributed by atoms with Crippen molar-refractivity contribution in [2.45, 2.75) is 105 Å². The lowest BCUT2D eigenvalue weighted by molar-refractivity contribution is -0.173. The van der Waals surface area contributed by atoms with E-state index in [1.54, 1.807) is 20.9 Å². The molecule has 1 aliphatic rings. The number of hydroxylamine groups is 2. The quantitative estimate of drug-likeness (QED) is 0.162. The zero-order chi connectivity index (χ0) is 31.6. The van der Waals surface area contributed by atoms with Crippen molar-refractivity contribution in [1.29, 1.82) is 0 Å². The summed E-state index contributed by atoms with van der Waals surface area (Å²) in [4.78, 5) is 71.0. The fourth-order valence-corrected chi connectivity index (χ4v) is 3.00. The maximum Gasteiger partial charge on any atom is 0.308 e. The number of methoxy groups -OCH3 is 1. The van der Waals surface area contributed by atoms with Gasteiger partial charge in [-0.05, 0) is 51.9 Å². The third kappa shape index (κ3) is 22.4. The smallest absolute Gasteiger partial charge is 0.308 e. The summed E-state index contributed by atoms with van der Waals surface area (Å²) in [5.41, 5.74) is 5.58. The minimum atomic E-state index is -1.34. The first-order valence-corrected chi connectivity index (χ1v) is 13.1. The van der Waals surface area contributed by atoms with Crippen LogP contribution in [0.3, 0.4) is 0 Å². The Labute approximate surface area is 243 Å². The molecule has 2 N–H and O–H groups in total. The van der Waals surface area contributed by atoms with E-state index in [9.17, 15) is 28.8 Å². The highest BCUT2D eigenvalue weighted by atomic mass is 35.5. The fourth-order valence-electron chi connectivity index (χ4n) is 3.00. The molecule has 0 aromatic heterocycles. The van der Waals surface area contributed by atoms with Gasteiger partial charge in [0.05, 0.1) is 26.2 Å². The second-order valence-electron chi connectivity index (χ2n) is 9.76. The molecule has 2 unspecified atom stereocenters. The molecule has 11 heteroatoms. The summed E-state index contributed by atoms with van der Waals surface area (Å²) in [5.74, 6) is -0.961. The molecule has 228 valence electrons. The molecule has 0 aromatic carbocycles. The number of amides is 1. The van der Waals surface area contributed by atoms with Crippen LogP contribution in [0.2, 0.25) is 0 Å². The van der Waals surface area contributed by atoms with E-state index < -0.39 is 18.2 Å². The lowest BCUT2D eigenvalue weighted by atomic mass is 10.0. The summed E-state index contributed by atoms with van der Waals surface area (Å²) >= 11 is 0. The second kappa shape index (κ2) is 23.7. The minimum Gasteiger partial charge on any atom is -0.469 e. The number of nitrogens with two attached hydrogens (primary N) is 1. The number of rotatable bonds is 16. The number of carbonyl (C=O) groups excluding carboxylic acids is 6. The number of hydrogen-bond donors (Lipinski definition) is 1. The Morgan fingerprint density at radius 1 is 0.949 bits per heavy atom. The van der Waals surface area contributed by atoms with Crippen LogP contribution in [0.25, 0.3) is 0 Å². The van der Waals surface area contributed by atoms with E-state index >= 15 is 0 Å². The van der Waals surface area contributed by atoms with Crippen molar-refractivity contribution >= 4 is 47.4 Å². The van der Waals surface area contributed by atoms with Crippen molar-refractivity contribution in [2.24, 2.45) is 23.5 Å². The second-order valence-corrected chi connectivity index (χ2v) is 9.76.